The summed E-state index contributed by atoms with van der Waals surface area (Å²) in [5.74, 6) is -0.260. The van der Waals surface area contributed by atoms with Crippen LogP contribution in [0.3, 0.4) is 0 Å². The lowest BCUT2D eigenvalue weighted by molar-refractivity contribution is -0.192. The van der Waals surface area contributed by atoms with Gasteiger partial charge in [-0.3, -0.25) is 0 Å². The zero-order valence-electron chi connectivity index (χ0n) is 19.9. The van der Waals surface area contributed by atoms with Crippen molar-refractivity contribution in [2.24, 2.45) is 0 Å². The van der Waals surface area contributed by atoms with Crippen LogP contribution in [0.4, 0.5) is 18.9 Å². The van der Waals surface area contributed by atoms with Crippen molar-refractivity contribution >= 4 is 33.7 Å². The average Bonchev–Trinajstić information content (AvgIpc) is 3.22. The summed E-state index contributed by atoms with van der Waals surface area (Å²) in [6, 6.07) is 23.5. The molecule has 0 radical (unpaired) electrons. The SMILES string of the molecule is CC(C)=CS(=O)Nc1ccc2nc(Cc3ccc(Oc4ccccc4)cc3)[nH]c2c1.O=C(O)C(F)(F)F. The number of carboxylic acid groups (broad SMARTS) is 1. The van der Waals surface area contributed by atoms with Crippen molar-refractivity contribution in [1.82, 2.24) is 9.97 Å². The zero-order valence-corrected chi connectivity index (χ0v) is 20.7. The van der Waals surface area contributed by atoms with Crippen LogP contribution in [0.5, 0.6) is 11.5 Å². The van der Waals surface area contributed by atoms with Gasteiger partial charge in [0.2, 0.25) is 0 Å². The van der Waals surface area contributed by atoms with E-state index in [2.05, 4.69) is 14.7 Å². The topological polar surface area (TPSA) is 104 Å². The number of alkyl halides is 3. The summed E-state index contributed by atoms with van der Waals surface area (Å²) in [5, 5.41) is 8.81. The number of nitrogens with one attached hydrogen (secondary N) is 2. The molecule has 0 saturated carbocycles. The number of carbonyl (C=O) groups is 1. The first-order valence-corrected chi connectivity index (χ1v) is 12.1. The van der Waals surface area contributed by atoms with Crippen LogP contribution >= 0.6 is 0 Å². The van der Waals surface area contributed by atoms with Gasteiger partial charge in [0, 0.05) is 17.5 Å². The van der Waals surface area contributed by atoms with Gasteiger partial charge >= 0.3 is 12.1 Å². The van der Waals surface area contributed by atoms with Crippen molar-refractivity contribution < 1.29 is 32.0 Å². The van der Waals surface area contributed by atoms with Gasteiger partial charge in [0.15, 0.2) is 0 Å². The number of hydrogen-bond acceptors (Lipinski definition) is 4. The van der Waals surface area contributed by atoms with Crippen LogP contribution in [-0.4, -0.2) is 31.4 Å². The Hall–Kier alpha value is -4.12. The standard InChI is InChI=1S/C24H23N3O2S.C2HF3O2/c1-17(2)16-30(28)27-19-10-13-22-23(15-19)26-24(25-22)14-18-8-11-21(12-9-18)29-20-6-4-3-5-7-20;3-2(4,5)1(6)7/h3-13,15-16,27H,14H2,1-2H3,(H,25,26);(H,6,7). The molecule has 7 nitrogen and oxygen atoms in total. The Morgan fingerprint density at radius 2 is 1.68 bits per heavy atom. The third kappa shape index (κ3) is 8.80. The first-order valence-electron chi connectivity index (χ1n) is 10.9. The number of rotatable bonds is 7. The number of aromatic amines is 1. The van der Waals surface area contributed by atoms with E-state index in [0.29, 0.717) is 6.42 Å². The Labute approximate surface area is 213 Å². The van der Waals surface area contributed by atoms with Crippen LogP contribution in [0, 0.1) is 0 Å². The lowest BCUT2D eigenvalue weighted by Crippen LogP contribution is -2.21. The molecule has 1 atom stereocenters. The molecular formula is C26H24F3N3O4S. The van der Waals surface area contributed by atoms with Crippen molar-refractivity contribution in [3.8, 4) is 11.5 Å². The van der Waals surface area contributed by atoms with Gasteiger partial charge in [0.1, 0.15) is 28.3 Å². The zero-order chi connectivity index (χ0) is 27.0. The number of nitrogens with zero attached hydrogens (tertiary/aromatic N) is 1. The number of para-hydroxylation sites is 1. The first-order chi connectivity index (χ1) is 17.5. The van der Waals surface area contributed by atoms with Crippen molar-refractivity contribution in [3.63, 3.8) is 0 Å². The van der Waals surface area contributed by atoms with E-state index in [9.17, 15) is 17.4 Å². The molecule has 0 aliphatic heterocycles. The first kappa shape index (κ1) is 27.5. The largest absolute Gasteiger partial charge is 0.490 e. The van der Waals surface area contributed by atoms with E-state index in [0.717, 1.165) is 45.2 Å². The summed E-state index contributed by atoms with van der Waals surface area (Å²) in [7, 11) is -1.24. The van der Waals surface area contributed by atoms with E-state index in [-0.39, 0.29) is 0 Å². The lowest BCUT2D eigenvalue weighted by Gasteiger charge is -2.06. The van der Waals surface area contributed by atoms with Crippen molar-refractivity contribution in [2.45, 2.75) is 26.4 Å². The Bertz CT molecular complexity index is 1400. The molecule has 0 aliphatic rings. The van der Waals surface area contributed by atoms with E-state index in [1.54, 1.807) is 5.41 Å². The van der Waals surface area contributed by atoms with E-state index in [1.807, 2.05) is 86.6 Å². The third-order valence-corrected chi connectivity index (χ3v) is 5.73. The predicted octanol–water partition coefficient (Wildman–Crippen LogP) is 6.58. The van der Waals surface area contributed by atoms with Gasteiger partial charge in [0.25, 0.3) is 0 Å². The fraction of sp³-hybridized carbons (Fsp3) is 0.154. The molecular weight excluding hydrogens is 507 g/mol. The Balaban J connectivity index is 0.000000479. The molecule has 0 bridgehead atoms. The summed E-state index contributed by atoms with van der Waals surface area (Å²) in [4.78, 5) is 16.9. The molecule has 0 saturated heterocycles. The quantitative estimate of drug-likeness (QED) is 0.250. The fourth-order valence-corrected chi connectivity index (χ4v) is 3.91. The number of ether oxygens (including phenoxy) is 1. The van der Waals surface area contributed by atoms with Crippen molar-refractivity contribution in [3.05, 3.63) is 95.2 Å². The molecule has 37 heavy (non-hydrogen) atoms. The highest BCUT2D eigenvalue weighted by molar-refractivity contribution is 7.89. The number of allylic oxidation sites excluding steroid dienone is 1. The van der Waals surface area contributed by atoms with Gasteiger partial charge in [-0.2, -0.15) is 13.2 Å². The molecule has 1 unspecified atom stereocenters. The molecule has 11 heteroatoms. The minimum Gasteiger partial charge on any atom is -0.475 e. The van der Waals surface area contributed by atoms with Crippen molar-refractivity contribution in [2.75, 3.05) is 4.72 Å². The van der Waals surface area contributed by atoms with Gasteiger partial charge in [-0.15, -0.1) is 0 Å². The second-order valence-electron chi connectivity index (χ2n) is 8.05. The number of halogens is 3. The van der Waals surface area contributed by atoms with Crippen LogP contribution in [0.15, 0.2) is 83.8 Å². The number of anilines is 1. The summed E-state index contributed by atoms with van der Waals surface area (Å²) in [5.41, 5.74) is 4.72. The van der Waals surface area contributed by atoms with Gasteiger partial charge in [-0.1, -0.05) is 35.9 Å². The van der Waals surface area contributed by atoms with Crippen LogP contribution in [0.2, 0.25) is 0 Å². The number of aromatic nitrogens is 2. The Kier molecular flexibility index (Phi) is 9.07. The van der Waals surface area contributed by atoms with Crippen molar-refractivity contribution in [1.29, 1.82) is 0 Å². The lowest BCUT2D eigenvalue weighted by atomic mass is 10.1. The van der Waals surface area contributed by atoms with E-state index in [1.165, 1.54) is 0 Å². The highest BCUT2D eigenvalue weighted by Crippen LogP contribution is 2.23. The smallest absolute Gasteiger partial charge is 0.475 e. The molecule has 0 aliphatic carbocycles. The number of H-pyrrole nitrogens is 1. The molecule has 3 aromatic carbocycles. The number of aliphatic carboxylic acids is 1. The monoisotopic (exact) mass is 531 g/mol. The van der Waals surface area contributed by atoms with Crippen LogP contribution in [0.25, 0.3) is 11.0 Å². The summed E-state index contributed by atoms with van der Waals surface area (Å²) in [6.07, 6.45) is -4.40. The average molecular weight is 532 g/mol. The predicted molar refractivity (Wildman–Crippen MR) is 137 cm³/mol. The minimum absolute atomic E-state index is 0.687. The summed E-state index contributed by atoms with van der Waals surface area (Å²) < 4.78 is 52.6. The highest BCUT2D eigenvalue weighted by Gasteiger charge is 2.38. The molecule has 1 aromatic heterocycles. The van der Waals surface area contributed by atoms with Gasteiger partial charge in [-0.05, 0) is 61.9 Å². The molecule has 4 aromatic rings. The normalized spacial score (nSPS) is 11.7. The Morgan fingerprint density at radius 1 is 1.05 bits per heavy atom. The maximum absolute atomic E-state index is 12.0. The van der Waals surface area contributed by atoms with Gasteiger partial charge < -0.3 is 19.5 Å². The number of carboxylic acids is 1. The number of benzene rings is 3. The second kappa shape index (κ2) is 12.2. The van der Waals surface area contributed by atoms with E-state index < -0.39 is 23.1 Å². The fourth-order valence-electron chi connectivity index (χ4n) is 3.06. The van der Waals surface area contributed by atoms with Crippen LogP contribution in [0.1, 0.15) is 25.2 Å². The minimum atomic E-state index is -5.08. The van der Waals surface area contributed by atoms with Gasteiger partial charge in [0.05, 0.1) is 11.0 Å². The molecule has 0 amide bonds. The Morgan fingerprint density at radius 3 is 2.27 bits per heavy atom. The highest BCUT2D eigenvalue weighted by atomic mass is 32.2. The molecule has 3 N–H and O–H groups in total. The van der Waals surface area contributed by atoms with Gasteiger partial charge in [-0.25, -0.2) is 14.0 Å². The second-order valence-corrected chi connectivity index (χ2v) is 9.08. The molecule has 194 valence electrons. The number of fused-ring (bicyclic) bond motifs is 1. The van der Waals surface area contributed by atoms with E-state index in [4.69, 9.17) is 14.6 Å². The number of hydrogen-bond donors (Lipinski definition) is 3. The summed E-state index contributed by atoms with van der Waals surface area (Å²) in [6.45, 7) is 3.84. The van der Waals surface area contributed by atoms with E-state index >= 15 is 0 Å². The molecule has 0 spiro atoms. The molecule has 0 fully saturated rings. The molecule has 4 rings (SSSR count). The molecule has 1 heterocycles. The number of imidazole rings is 1. The maximum Gasteiger partial charge on any atom is 0.490 e. The van der Waals surface area contributed by atoms with Crippen LogP contribution in [-0.2, 0) is 22.2 Å². The maximum atomic E-state index is 12.0. The summed E-state index contributed by atoms with van der Waals surface area (Å²) >= 11 is 0. The van der Waals surface area contributed by atoms with Crippen LogP contribution < -0.4 is 9.46 Å². The third-order valence-electron chi connectivity index (χ3n) is 4.61.